The van der Waals surface area contributed by atoms with Gasteiger partial charge in [-0.2, -0.15) is 5.11 Å². The third-order valence-corrected chi connectivity index (χ3v) is 2.23. The van der Waals surface area contributed by atoms with Crippen LogP contribution in [0.5, 0.6) is 0 Å². The molecule has 2 atom stereocenters. The fraction of sp³-hybridized carbons (Fsp3) is 0.889. The van der Waals surface area contributed by atoms with Gasteiger partial charge in [-0.1, -0.05) is 6.92 Å². The zero-order chi connectivity index (χ0) is 11.0. The van der Waals surface area contributed by atoms with Crippen LogP contribution in [0.3, 0.4) is 0 Å². The van der Waals surface area contributed by atoms with Crippen molar-refractivity contribution in [2.45, 2.75) is 26.3 Å². The Labute approximate surface area is 85.2 Å². The van der Waals surface area contributed by atoms with Gasteiger partial charge in [0.2, 0.25) is 5.91 Å². The summed E-state index contributed by atoms with van der Waals surface area (Å²) in [6, 6.07) is -0.104. The average Bonchev–Trinajstić information content (AvgIpc) is 2.15. The molecule has 0 aromatic rings. The number of carbonyl (C=O) groups is 1. The van der Waals surface area contributed by atoms with Gasteiger partial charge in [0.1, 0.15) is 0 Å². The van der Waals surface area contributed by atoms with Crippen LogP contribution in [-0.4, -0.2) is 32.1 Å². The minimum atomic E-state index is -0.104. The van der Waals surface area contributed by atoms with Gasteiger partial charge in [0.25, 0.3) is 0 Å². The lowest BCUT2D eigenvalue weighted by Gasteiger charge is -2.18. The van der Waals surface area contributed by atoms with Crippen molar-refractivity contribution in [1.82, 2.24) is 10.6 Å². The van der Waals surface area contributed by atoms with E-state index in [4.69, 9.17) is 5.53 Å². The molecule has 1 amide bonds. The molecule has 0 heterocycles. The first kappa shape index (κ1) is 13.0. The molecule has 0 saturated heterocycles. The predicted molar refractivity (Wildman–Crippen MR) is 55.3 cm³/mol. The molecule has 0 saturated carbocycles. The molecule has 82 valence electrons. The zero-order valence-electron chi connectivity index (χ0n) is 9.13. The number of hydrogen-bond acceptors (Lipinski definition) is 4. The number of rotatable bonds is 7. The first-order chi connectivity index (χ1) is 6.61. The van der Waals surface area contributed by atoms with Gasteiger partial charge in [-0.3, -0.25) is 4.79 Å². The van der Waals surface area contributed by atoms with Crippen molar-refractivity contribution < 1.29 is 4.79 Å². The van der Waals surface area contributed by atoms with Crippen molar-refractivity contribution in [2.24, 2.45) is 11.0 Å². The molecular weight excluding hydrogens is 180 g/mol. The molecule has 0 rings (SSSR count). The van der Waals surface area contributed by atoms with Crippen molar-refractivity contribution in [3.63, 3.8) is 0 Å². The molecule has 1 unspecified atom stereocenters. The Bertz CT molecular complexity index is 184. The largest absolute Gasteiger partial charge is 0.354 e. The van der Waals surface area contributed by atoms with E-state index < -0.39 is 0 Å². The highest BCUT2D eigenvalue weighted by Crippen LogP contribution is 2.10. The van der Waals surface area contributed by atoms with Crippen LogP contribution in [0.2, 0.25) is 0 Å². The number of carbonyl (C=O) groups excluding carboxylic acids is 1. The van der Waals surface area contributed by atoms with E-state index >= 15 is 0 Å². The number of nitrogens with one attached hydrogen (secondary N) is 3. The minimum absolute atomic E-state index is 0.0699. The molecule has 0 radical (unpaired) electrons. The summed E-state index contributed by atoms with van der Waals surface area (Å²) in [6.07, 6.45) is 0.961. The van der Waals surface area contributed by atoms with Crippen molar-refractivity contribution >= 4 is 5.91 Å². The second-order valence-corrected chi connectivity index (χ2v) is 3.50. The van der Waals surface area contributed by atoms with E-state index in [2.05, 4.69) is 15.7 Å². The van der Waals surface area contributed by atoms with E-state index in [-0.39, 0.29) is 11.9 Å². The van der Waals surface area contributed by atoms with Gasteiger partial charge in [-0.25, -0.2) is 5.53 Å². The first-order valence-electron chi connectivity index (χ1n) is 4.87. The summed E-state index contributed by atoms with van der Waals surface area (Å²) in [5, 5.41) is 9.25. The van der Waals surface area contributed by atoms with Gasteiger partial charge in [-0.15, -0.1) is 0 Å². The molecule has 0 spiro atoms. The van der Waals surface area contributed by atoms with Gasteiger partial charge < -0.3 is 10.6 Å². The molecule has 3 N–H and O–H groups in total. The summed E-state index contributed by atoms with van der Waals surface area (Å²) in [7, 11) is 1.90. The van der Waals surface area contributed by atoms with Crippen LogP contribution < -0.4 is 10.6 Å². The summed E-state index contributed by atoms with van der Waals surface area (Å²) in [5.41, 5.74) is 7.02. The fourth-order valence-corrected chi connectivity index (χ4v) is 1.19. The molecule has 0 aromatic heterocycles. The summed E-state index contributed by atoms with van der Waals surface area (Å²) < 4.78 is 0. The third-order valence-electron chi connectivity index (χ3n) is 2.23. The van der Waals surface area contributed by atoms with E-state index in [0.29, 0.717) is 12.5 Å². The molecular formula is C9H20N4O. The summed E-state index contributed by atoms with van der Waals surface area (Å²) in [6.45, 7) is 4.89. The lowest BCUT2D eigenvalue weighted by molar-refractivity contribution is -0.119. The maximum absolute atomic E-state index is 10.7. The van der Waals surface area contributed by atoms with Crippen molar-refractivity contribution in [3.05, 3.63) is 0 Å². The Balaban J connectivity index is 3.85. The van der Waals surface area contributed by atoms with Crippen molar-refractivity contribution in [1.29, 1.82) is 5.53 Å². The molecule has 14 heavy (non-hydrogen) atoms. The third kappa shape index (κ3) is 5.64. The minimum Gasteiger partial charge on any atom is -0.354 e. The molecule has 0 aromatic carbocycles. The second-order valence-electron chi connectivity index (χ2n) is 3.50. The number of amides is 1. The van der Waals surface area contributed by atoms with Crippen LogP contribution >= 0.6 is 0 Å². The Morgan fingerprint density at radius 1 is 1.57 bits per heavy atom. The lowest BCUT2D eigenvalue weighted by atomic mass is 9.99. The highest BCUT2D eigenvalue weighted by molar-refractivity contribution is 5.72. The average molecular weight is 200 g/mol. The summed E-state index contributed by atoms with van der Waals surface area (Å²) >= 11 is 0. The SMILES string of the molecule is CNCCC(C)[C@H](CNC(C)=O)N=N. The van der Waals surface area contributed by atoms with Crippen molar-refractivity contribution in [3.8, 4) is 0 Å². The monoisotopic (exact) mass is 200 g/mol. The van der Waals surface area contributed by atoms with Crippen LogP contribution in [-0.2, 0) is 4.79 Å². The zero-order valence-corrected chi connectivity index (χ0v) is 9.13. The molecule has 0 bridgehead atoms. The normalized spacial score (nSPS) is 14.5. The quantitative estimate of drug-likeness (QED) is 0.531. The summed E-state index contributed by atoms with van der Waals surface area (Å²) in [5.74, 6) is 0.242. The van der Waals surface area contributed by atoms with Gasteiger partial charge in [0, 0.05) is 13.5 Å². The van der Waals surface area contributed by atoms with Gasteiger partial charge in [0.15, 0.2) is 0 Å². The van der Waals surface area contributed by atoms with E-state index in [9.17, 15) is 4.79 Å². The topological polar surface area (TPSA) is 77.3 Å². The highest BCUT2D eigenvalue weighted by atomic mass is 16.1. The number of nitrogens with zero attached hydrogens (tertiary/aromatic N) is 1. The lowest BCUT2D eigenvalue weighted by Crippen LogP contribution is -2.33. The Morgan fingerprint density at radius 2 is 2.21 bits per heavy atom. The molecule has 5 heteroatoms. The Kier molecular flexibility index (Phi) is 6.92. The smallest absolute Gasteiger partial charge is 0.216 e. The Morgan fingerprint density at radius 3 is 2.64 bits per heavy atom. The van der Waals surface area contributed by atoms with Crippen LogP contribution in [0.25, 0.3) is 0 Å². The maximum Gasteiger partial charge on any atom is 0.216 e. The predicted octanol–water partition coefficient (Wildman–Crippen LogP) is 0.768. The summed E-state index contributed by atoms with van der Waals surface area (Å²) in [4.78, 5) is 10.7. The van der Waals surface area contributed by atoms with Crippen LogP contribution in [0.4, 0.5) is 0 Å². The van der Waals surface area contributed by atoms with Gasteiger partial charge in [-0.05, 0) is 25.9 Å². The molecule has 0 aliphatic heterocycles. The standard InChI is InChI=1S/C9H20N4O/c1-7(4-5-11-3)9(13-10)6-12-8(2)14/h7,9-11H,4-6H2,1-3H3,(H,12,14)/t7?,9-/m0/s1. The second kappa shape index (κ2) is 7.44. The maximum atomic E-state index is 10.7. The van der Waals surface area contributed by atoms with E-state index in [1.807, 2.05) is 14.0 Å². The van der Waals surface area contributed by atoms with E-state index in [1.165, 1.54) is 6.92 Å². The Hall–Kier alpha value is -0.970. The van der Waals surface area contributed by atoms with Crippen LogP contribution in [0.1, 0.15) is 20.3 Å². The first-order valence-corrected chi connectivity index (χ1v) is 4.87. The molecule has 0 fully saturated rings. The van der Waals surface area contributed by atoms with Gasteiger partial charge in [0.05, 0.1) is 6.04 Å². The molecule has 0 aliphatic carbocycles. The van der Waals surface area contributed by atoms with Gasteiger partial charge >= 0.3 is 0 Å². The highest BCUT2D eigenvalue weighted by Gasteiger charge is 2.15. The fourth-order valence-electron chi connectivity index (χ4n) is 1.19. The molecule has 5 nitrogen and oxygen atoms in total. The van der Waals surface area contributed by atoms with E-state index in [1.54, 1.807) is 0 Å². The van der Waals surface area contributed by atoms with Crippen molar-refractivity contribution in [2.75, 3.05) is 20.1 Å². The molecule has 0 aliphatic rings. The van der Waals surface area contributed by atoms with Crippen LogP contribution in [0.15, 0.2) is 5.11 Å². The number of hydrogen-bond donors (Lipinski definition) is 3. The van der Waals surface area contributed by atoms with Crippen LogP contribution in [0, 0.1) is 11.4 Å². The van der Waals surface area contributed by atoms with E-state index in [0.717, 1.165) is 13.0 Å².